The minimum Gasteiger partial charge on any atom is -0.467 e. The van der Waals surface area contributed by atoms with Crippen molar-refractivity contribution in [2.45, 2.75) is 27.2 Å². The lowest BCUT2D eigenvalue weighted by Gasteiger charge is -2.28. The van der Waals surface area contributed by atoms with Crippen molar-refractivity contribution >= 4 is 21.7 Å². The second kappa shape index (κ2) is 8.28. The van der Waals surface area contributed by atoms with Gasteiger partial charge in [0.25, 0.3) is 0 Å². The minimum absolute atomic E-state index is 0.420. The molecule has 0 aliphatic heterocycles. The van der Waals surface area contributed by atoms with Crippen molar-refractivity contribution in [2.75, 3.05) is 12.4 Å². The van der Waals surface area contributed by atoms with E-state index < -0.39 is 9.05 Å². The summed E-state index contributed by atoms with van der Waals surface area (Å²) in [5.74, 6) is 2.07. The van der Waals surface area contributed by atoms with Gasteiger partial charge < -0.3 is 17.7 Å². The van der Waals surface area contributed by atoms with Crippen LogP contribution in [0.2, 0.25) is 0 Å². The molecule has 0 radical (unpaired) electrons. The molecule has 0 N–H and O–H groups in total. The van der Waals surface area contributed by atoms with Crippen LogP contribution in [0.25, 0.3) is 0 Å². The Morgan fingerprint density at radius 2 is 1.33 bits per heavy atom. The summed E-state index contributed by atoms with van der Waals surface area (Å²) in [6, 6.07) is 0. The average molecular weight is 290 g/mol. The van der Waals surface area contributed by atoms with Gasteiger partial charge in [-0.3, -0.25) is 0 Å². The summed E-state index contributed by atoms with van der Waals surface area (Å²) in [5, 5.41) is 0. The van der Waals surface area contributed by atoms with E-state index >= 15 is 0 Å². The van der Waals surface area contributed by atoms with Gasteiger partial charge in [-0.25, -0.2) is 0 Å². The van der Waals surface area contributed by atoms with E-state index in [1.54, 1.807) is 20.8 Å². The van der Waals surface area contributed by atoms with Crippen LogP contribution in [0, 0.1) is 0 Å². The van der Waals surface area contributed by atoms with Crippen molar-refractivity contribution in [3.8, 4) is 0 Å². The number of allylic oxidation sites excluding steroid dienone is 3. The van der Waals surface area contributed by atoms with E-state index in [4.69, 9.17) is 17.7 Å². The van der Waals surface area contributed by atoms with Crippen LogP contribution in [-0.2, 0) is 17.7 Å². The highest BCUT2D eigenvalue weighted by Gasteiger charge is 2.54. The maximum atomic E-state index is 5.64. The Kier molecular flexibility index (Phi) is 7.89. The Bertz CT molecular complexity index is 276. The molecule has 0 saturated carbocycles. The molecule has 0 fully saturated rings. The second-order valence-electron chi connectivity index (χ2n) is 3.84. The van der Waals surface area contributed by atoms with Crippen molar-refractivity contribution in [3.63, 3.8) is 0 Å². The average Bonchev–Trinajstić information content (AvgIpc) is 2.13. The zero-order valence-electron chi connectivity index (χ0n) is 11.3. The fourth-order valence-electron chi connectivity index (χ4n) is 1.05. The third-order valence-electron chi connectivity index (χ3n) is 1.48. The topological polar surface area (TPSA) is 36.9 Å². The van der Waals surface area contributed by atoms with Gasteiger partial charge in [-0.05, 0) is 32.9 Å². The molecule has 0 aromatic rings. The standard InChI is InChI=1S/C12H22O4SSi/c1-10(2)14-18(15-11(3)4,16-12(5)6)13-8-7-9-17/h17H,1,3,5,7-9H2,2,4,6H3. The van der Waals surface area contributed by atoms with Crippen molar-refractivity contribution in [2.24, 2.45) is 0 Å². The van der Waals surface area contributed by atoms with Gasteiger partial charge in [0.2, 0.25) is 0 Å². The largest absolute Gasteiger partial charge is 0.892 e. The first kappa shape index (κ1) is 17.1. The van der Waals surface area contributed by atoms with Gasteiger partial charge >= 0.3 is 9.05 Å². The lowest BCUT2D eigenvalue weighted by molar-refractivity contribution is 0.0213. The molecule has 0 rings (SSSR count). The van der Waals surface area contributed by atoms with Crippen LogP contribution in [0.3, 0.4) is 0 Å². The highest BCUT2D eigenvalue weighted by molar-refractivity contribution is 7.80. The molecule has 104 valence electrons. The maximum absolute atomic E-state index is 5.64. The summed E-state index contributed by atoms with van der Waals surface area (Å²) in [4.78, 5) is 0. The van der Waals surface area contributed by atoms with Crippen LogP contribution in [0.5, 0.6) is 0 Å². The van der Waals surface area contributed by atoms with E-state index in [0.29, 0.717) is 29.6 Å². The Morgan fingerprint density at radius 1 is 0.944 bits per heavy atom. The summed E-state index contributed by atoms with van der Waals surface area (Å²) in [6.45, 7) is 16.6. The Labute approximate surface area is 116 Å². The Balaban J connectivity index is 4.90. The lowest BCUT2D eigenvalue weighted by Crippen LogP contribution is -2.48. The molecule has 6 heteroatoms. The van der Waals surface area contributed by atoms with Gasteiger partial charge in [0.05, 0.1) is 17.3 Å². The molecule has 0 heterocycles. The molecule has 0 aromatic carbocycles. The van der Waals surface area contributed by atoms with Gasteiger partial charge in [0.1, 0.15) is 0 Å². The molecular formula is C12H22O4SSi. The predicted octanol–water partition coefficient (Wildman–Crippen LogP) is 3.41. The van der Waals surface area contributed by atoms with Crippen molar-refractivity contribution in [3.05, 3.63) is 37.0 Å². The molecular weight excluding hydrogens is 268 g/mol. The van der Waals surface area contributed by atoms with E-state index in [1.165, 1.54) is 0 Å². The highest BCUT2D eigenvalue weighted by atomic mass is 32.1. The normalized spacial score (nSPS) is 10.7. The highest BCUT2D eigenvalue weighted by Crippen LogP contribution is 2.21. The van der Waals surface area contributed by atoms with Gasteiger partial charge in [-0.15, -0.1) is 0 Å². The molecule has 0 amide bonds. The quantitative estimate of drug-likeness (QED) is 0.289. The first-order chi connectivity index (χ1) is 8.31. The van der Waals surface area contributed by atoms with Crippen LogP contribution >= 0.6 is 12.6 Å². The third kappa shape index (κ3) is 7.47. The van der Waals surface area contributed by atoms with Crippen LogP contribution in [0.1, 0.15) is 27.2 Å². The summed E-state index contributed by atoms with van der Waals surface area (Å²) in [5.41, 5.74) is 0. The van der Waals surface area contributed by atoms with Crippen molar-refractivity contribution < 1.29 is 17.7 Å². The lowest BCUT2D eigenvalue weighted by atomic mass is 10.5. The van der Waals surface area contributed by atoms with Crippen molar-refractivity contribution in [1.29, 1.82) is 0 Å². The number of thiol groups is 1. The van der Waals surface area contributed by atoms with Gasteiger partial charge in [-0.2, -0.15) is 12.6 Å². The monoisotopic (exact) mass is 290 g/mol. The second-order valence-corrected chi connectivity index (χ2v) is 6.19. The number of hydrogen-bond donors (Lipinski definition) is 1. The molecule has 18 heavy (non-hydrogen) atoms. The van der Waals surface area contributed by atoms with Crippen LogP contribution in [-0.4, -0.2) is 21.4 Å². The van der Waals surface area contributed by atoms with Crippen LogP contribution in [0.4, 0.5) is 0 Å². The maximum Gasteiger partial charge on any atom is 0.892 e. The minimum atomic E-state index is -3.35. The van der Waals surface area contributed by atoms with Crippen LogP contribution in [0.15, 0.2) is 37.0 Å². The van der Waals surface area contributed by atoms with Gasteiger partial charge in [0, 0.05) is 6.61 Å². The molecule has 0 aromatic heterocycles. The van der Waals surface area contributed by atoms with Gasteiger partial charge in [0.15, 0.2) is 0 Å². The fraction of sp³-hybridized carbons (Fsp3) is 0.500. The first-order valence-corrected chi connectivity index (χ1v) is 7.86. The zero-order valence-corrected chi connectivity index (χ0v) is 13.2. The smallest absolute Gasteiger partial charge is 0.467 e. The SMILES string of the molecule is C=C(C)O[Si](OCCCS)(OC(=C)C)OC(=C)C. The summed E-state index contributed by atoms with van der Waals surface area (Å²) >= 11 is 4.12. The third-order valence-corrected chi connectivity index (χ3v) is 4.15. The predicted molar refractivity (Wildman–Crippen MR) is 77.9 cm³/mol. The van der Waals surface area contributed by atoms with E-state index in [9.17, 15) is 0 Å². The van der Waals surface area contributed by atoms with E-state index in [-0.39, 0.29) is 0 Å². The molecule has 0 unspecified atom stereocenters. The number of rotatable bonds is 10. The van der Waals surface area contributed by atoms with E-state index in [2.05, 4.69) is 32.4 Å². The number of hydrogen-bond acceptors (Lipinski definition) is 5. The van der Waals surface area contributed by atoms with Crippen molar-refractivity contribution in [1.82, 2.24) is 0 Å². The van der Waals surface area contributed by atoms with Crippen LogP contribution < -0.4 is 0 Å². The van der Waals surface area contributed by atoms with E-state index in [1.807, 2.05) is 0 Å². The summed E-state index contributed by atoms with van der Waals surface area (Å²) in [6.07, 6.45) is 0.760. The summed E-state index contributed by atoms with van der Waals surface area (Å²) < 4.78 is 22.3. The molecule has 0 bridgehead atoms. The van der Waals surface area contributed by atoms with Gasteiger partial charge in [-0.1, -0.05) is 19.7 Å². The fourth-order valence-corrected chi connectivity index (χ4v) is 3.16. The first-order valence-electron chi connectivity index (χ1n) is 5.59. The summed E-state index contributed by atoms with van der Waals surface area (Å²) in [7, 11) is -3.35. The Morgan fingerprint density at radius 3 is 1.61 bits per heavy atom. The molecule has 0 spiro atoms. The van der Waals surface area contributed by atoms with E-state index in [0.717, 1.165) is 6.42 Å². The molecule has 0 aliphatic rings. The molecule has 4 nitrogen and oxygen atoms in total. The molecule has 0 saturated heterocycles. The molecule has 0 aliphatic carbocycles. The Hall–Kier alpha value is -0.853. The molecule has 0 atom stereocenters. The zero-order chi connectivity index (χ0) is 14.2.